The van der Waals surface area contributed by atoms with Crippen LogP contribution in [0.2, 0.25) is 5.02 Å². The van der Waals surface area contributed by atoms with Gasteiger partial charge >= 0.3 is 0 Å². The number of carbonyl (C=O) groups is 1. The number of benzene rings is 2. The van der Waals surface area contributed by atoms with Gasteiger partial charge in [-0.25, -0.2) is 8.42 Å². The molecule has 10 nitrogen and oxygen atoms in total. The summed E-state index contributed by atoms with van der Waals surface area (Å²) in [7, 11) is -4.24. The molecule has 37 heavy (non-hydrogen) atoms. The average Bonchev–Trinajstić information content (AvgIpc) is 3.39. The lowest BCUT2D eigenvalue weighted by molar-refractivity contribution is -0.384. The molecule has 0 saturated carbocycles. The van der Waals surface area contributed by atoms with Crippen molar-refractivity contribution in [3.05, 3.63) is 85.6 Å². The van der Waals surface area contributed by atoms with Crippen LogP contribution in [0.1, 0.15) is 21.3 Å². The fraction of sp³-hybridized carbons (Fsp3) is 0.261. The van der Waals surface area contributed by atoms with E-state index in [1.165, 1.54) is 12.1 Å². The van der Waals surface area contributed by atoms with E-state index >= 15 is 0 Å². The molecule has 1 amide bonds. The Hall–Kier alpha value is -2.74. The van der Waals surface area contributed by atoms with Crippen LogP contribution in [0.15, 0.2) is 64.9 Å². The quantitative estimate of drug-likeness (QED) is 0.282. The molecule has 1 aromatic heterocycles. The third kappa shape index (κ3) is 6.98. The maximum absolute atomic E-state index is 13.1. The van der Waals surface area contributed by atoms with Gasteiger partial charge in [-0.2, -0.15) is 0 Å². The van der Waals surface area contributed by atoms with Gasteiger partial charge in [0.1, 0.15) is 5.02 Å². The number of sulfonamides is 1. The summed E-state index contributed by atoms with van der Waals surface area (Å²) in [5, 5.41) is 15.9. The Morgan fingerprint density at radius 1 is 1.16 bits per heavy atom. The summed E-state index contributed by atoms with van der Waals surface area (Å²) in [5.41, 5.74) is -0.364. The highest BCUT2D eigenvalue weighted by Gasteiger charge is 2.26. The number of carbonyl (C=O) groups excluding carboxylic acids is 1. The molecule has 198 valence electrons. The Balaban J connectivity index is 0.00000380. The Kier molecular flexibility index (Phi) is 9.87. The first-order valence-corrected chi connectivity index (χ1v) is 13.7. The van der Waals surface area contributed by atoms with Gasteiger partial charge in [-0.1, -0.05) is 29.8 Å². The number of amides is 1. The molecule has 0 radical (unpaired) electrons. The zero-order chi connectivity index (χ0) is 25.7. The molecule has 1 aliphatic heterocycles. The van der Waals surface area contributed by atoms with Gasteiger partial charge in [0.05, 0.1) is 40.3 Å². The lowest BCUT2D eigenvalue weighted by Gasteiger charge is -2.34. The van der Waals surface area contributed by atoms with Gasteiger partial charge < -0.3 is 22.5 Å². The van der Waals surface area contributed by atoms with E-state index in [0.29, 0.717) is 19.8 Å². The maximum Gasteiger partial charge on any atom is 0.289 e. The zero-order valence-corrected chi connectivity index (χ0v) is 22.4. The molecular weight excluding hydrogens is 563 g/mol. The molecule has 2 heterocycles. The summed E-state index contributed by atoms with van der Waals surface area (Å²) in [5.74, 6) is -0.454. The minimum absolute atomic E-state index is 0. The summed E-state index contributed by atoms with van der Waals surface area (Å²) in [6, 6.07) is 13.3. The SMILES string of the molecule is O=C(NCC(c1cccs1)N1CCOCC1)c1ccccc1NS(=O)(=O)c1ccc(Cl)c([N+](=O)[O-])c1.[Cl-]. The van der Waals surface area contributed by atoms with Crippen LogP contribution in [-0.2, 0) is 14.8 Å². The van der Waals surface area contributed by atoms with Crippen LogP contribution < -0.4 is 22.4 Å². The highest BCUT2D eigenvalue weighted by Crippen LogP contribution is 2.29. The van der Waals surface area contributed by atoms with Crippen molar-refractivity contribution < 1.29 is 35.3 Å². The second-order valence-electron chi connectivity index (χ2n) is 7.91. The second-order valence-corrected chi connectivity index (χ2v) is 11.0. The standard InChI is InChI=1S/C23H23ClN4O6S2.ClH/c24-18-8-7-16(14-20(18)28(30)31)36(32,33)26-19-5-2-1-4-17(19)23(29)25-15-21(22-6-3-13-35-22)27-9-11-34-12-10-27;/h1-8,13-14,21,26H,9-12,15H2,(H,25,29);1H/p-1. The van der Waals surface area contributed by atoms with Gasteiger partial charge in [0.15, 0.2) is 0 Å². The molecular formula is C23H23Cl2N4O6S2-. The van der Waals surface area contributed by atoms with Gasteiger partial charge in [0.25, 0.3) is 21.6 Å². The molecule has 1 saturated heterocycles. The molecule has 4 rings (SSSR count). The van der Waals surface area contributed by atoms with E-state index < -0.39 is 26.5 Å². The van der Waals surface area contributed by atoms with E-state index in [-0.39, 0.29) is 39.6 Å². The van der Waals surface area contributed by atoms with Crippen LogP contribution in [0.5, 0.6) is 0 Å². The van der Waals surface area contributed by atoms with Crippen molar-refractivity contribution in [2.24, 2.45) is 0 Å². The highest BCUT2D eigenvalue weighted by molar-refractivity contribution is 7.92. The second kappa shape index (κ2) is 12.7. The van der Waals surface area contributed by atoms with Gasteiger partial charge in [0, 0.05) is 30.6 Å². The summed E-state index contributed by atoms with van der Waals surface area (Å²) < 4.78 is 33.8. The van der Waals surface area contributed by atoms with E-state index in [0.717, 1.165) is 36.2 Å². The number of halogens is 2. The Bertz CT molecular complexity index is 1350. The zero-order valence-electron chi connectivity index (χ0n) is 19.3. The number of nitro benzene ring substituents is 1. The molecule has 0 spiro atoms. The Morgan fingerprint density at radius 3 is 2.57 bits per heavy atom. The number of rotatable bonds is 9. The molecule has 1 atom stereocenters. The van der Waals surface area contributed by atoms with Crippen LogP contribution in [0.4, 0.5) is 11.4 Å². The number of para-hydroxylation sites is 1. The number of hydrogen-bond acceptors (Lipinski definition) is 8. The largest absolute Gasteiger partial charge is 1.00 e. The van der Waals surface area contributed by atoms with Crippen molar-refractivity contribution in [2.45, 2.75) is 10.9 Å². The van der Waals surface area contributed by atoms with Crippen molar-refractivity contribution in [3.63, 3.8) is 0 Å². The summed E-state index contributed by atoms with van der Waals surface area (Å²) in [6.45, 7) is 3.03. The van der Waals surface area contributed by atoms with Crippen molar-refractivity contribution in [1.82, 2.24) is 10.2 Å². The van der Waals surface area contributed by atoms with E-state index in [1.54, 1.807) is 23.5 Å². The molecule has 0 bridgehead atoms. The smallest absolute Gasteiger partial charge is 0.289 e. The predicted octanol–water partition coefficient (Wildman–Crippen LogP) is 0.918. The number of thiophene rings is 1. The first-order valence-electron chi connectivity index (χ1n) is 11.0. The number of nitrogens with one attached hydrogen (secondary N) is 2. The van der Waals surface area contributed by atoms with Crippen molar-refractivity contribution in [1.29, 1.82) is 0 Å². The normalized spacial score (nSPS) is 14.8. The third-order valence-corrected chi connectivity index (χ3v) is 8.31. The third-order valence-electron chi connectivity index (χ3n) is 5.65. The van der Waals surface area contributed by atoms with Crippen LogP contribution in [0.25, 0.3) is 0 Å². The number of nitrogens with zero attached hydrogens (tertiary/aromatic N) is 2. The molecule has 1 unspecified atom stereocenters. The molecule has 1 aliphatic rings. The number of anilines is 1. The van der Waals surface area contributed by atoms with Gasteiger partial charge in [-0.3, -0.25) is 24.5 Å². The lowest BCUT2D eigenvalue weighted by Crippen LogP contribution is -3.00. The van der Waals surface area contributed by atoms with E-state index in [1.807, 2.05) is 17.5 Å². The number of ether oxygens (including phenoxy) is 1. The topological polar surface area (TPSA) is 131 Å². The predicted molar refractivity (Wildman–Crippen MR) is 137 cm³/mol. The van der Waals surface area contributed by atoms with Gasteiger partial charge in [-0.15, -0.1) is 11.3 Å². The van der Waals surface area contributed by atoms with Crippen LogP contribution in [-0.4, -0.2) is 57.0 Å². The molecule has 0 aliphatic carbocycles. The summed E-state index contributed by atoms with van der Waals surface area (Å²) in [4.78, 5) is 26.6. The van der Waals surface area contributed by atoms with E-state index in [9.17, 15) is 23.3 Å². The van der Waals surface area contributed by atoms with Crippen molar-refractivity contribution in [3.8, 4) is 0 Å². The first kappa shape index (κ1) is 28.8. The van der Waals surface area contributed by atoms with Crippen LogP contribution in [0, 0.1) is 10.1 Å². The van der Waals surface area contributed by atoms with Crippen LogP contribution >= 0.6 is 22.9 Å². The number of morpholine rings is 1. The molecule has 2 N–H and O–H groups in total. The maximum atomic E-state index is 13.1. The summed E-state index contributed by atoms with van der Waals surface area (Å²) in [6.07, 6.45) is 0. The van der Waals surface area contributed by atoms with Crippen molar-refractivity contribution >= 4 is 50.2 Å². The minimum Gasteiger partial charge on any atom is -1.00 e. The Morgan fingerprint density at radius 2 is 1.89 bits per heavy atom. The minimum atomic E-state index is -4.24. The average molecular weight is 586 g/mol. The lowest BCUT2D eigenvalue weighted by atomic mass is 10.1. The Labute approximate surface area is 229 Å². The highest BCUT2D eigenvalue weighted by atomic mass is 35.5. The molecule has 1 fully saturated rings. The fourth-order valence-corrected chi connectivity index (χ4v) is 5.98. The molecule has 2 aromatic carbocycles. The van der Waals surface area contributed by atoms with Crippen LogP contribution in [0.3, 0.4) is 0 Å². The van der Waals surface area contributed by atoms with E-state index in [2.05, 4.69) is 14.9 Å². The summed E-state index contributed by atoms with van der Waals surface area (Å²) >= 11 is 7.40. The monoisotopic (exact) mass is 585 g/mol. The van der Waals surface area contributed by atoms with Crippen molar-refractivity contribution in [2.75, 3.05) is 37.6 Å². The molecule has 14 heteroatoms. The van der Waals surface area contributed by atoms with Gasteiger partial charge in [-0.05, 0) is 35.7 Å². The number of nitro groups is 1. The van der Waals surface area contributed by atoms with E-state index in [4.69, 9.17) is 16.3 Å². The number of hydrogen-bond donors (Lipinski definition) is 2. The van der Waals surface area contributed by atoms with Gasteiger partial charge in [0.2, 0.25) is 0 Å². The first-order chi connectivity index (χ1) is 17.3. The fourth-order valence-electron chi connectivity index (χ4n) is 3.84. The molecule has 3 aromatic rings.